The Morgan fingerprint density at radius 1 is 1.24 bits per heavy atom. The van der Waals surface area contributed by atoms with Gasteiger partial charge in [-0.05, 0) is 43.3 Å². The number of hydrogen-bond donors (Lipinski definition) is 3. The first-order chi connectivity index (χ1) is 12.1. The van der Waals surface area contributed by atoms with Crippen LogP contribution < -0.4 is 10.6 Å². The largest absolute Gasteiger partial charge is 0.374 e. The molecule has 6 nitrogen and oxygen atoms in total. The number of aromatic nitrogens is 3. The molecule has 1 amide bonds. The Kier molecular flexibility index (Phi) is 4.03. The zero-order valence-electron chi connectivity index (χ0n) is 13.2. The van der Waals surface area contributed by atoms with Gasteiger partial charge in [0.1, 0.15) is 6.04 Å². The Morgan fingerprint density at radius 2 is 2.04 bits per heavy atom. The molecule has 0 aliphatic heterocycles. The molecule has 2 aromatic heterocycles. The second-order valence-electron chi connectivity index (χ2n) is 5.63. The average Bonchev–Trinajstić information content (AvgIpc) is 3.22. The molecule has 4 rings (SSSR count). The van der Waals surface area contributed by atoms with E-state index in [-0.39, 0.29) is 5.91 Å². The summed E-state index contributed by atoms with van der Waals surface area (Å²) < 4.78 is 1.000. The number of nitrogens with one attached hydrogen (secondary N) is 3. The molecule has 1 atom stereocenters. The van der Waals surface area contributed by atoms with Crippen LogP contribution in [-0.2, 0) is 4.79 Å². The first-order valence-electron chi connectivity index (χ1n) is 7.66. The molecule has 25 heavy (non-hydrogen) atoms. The molecule has 0 radical (unpaired) electrons. The monoisotopic (exact) mass is 371 g/mol. The summed E-state index contributed by atoms with van der Waals surface area (Å²) in [5, 5.41) is 15.2. The van der Waals surface area contributed by atoms with Gasteiger partial charge in [0.25, 0.3) is 0 Å². The van der Waals surface area contributed by atoms with E-state index in [1.807, 2.05) is 24.3 Å². The van der Waals surface area contributed by atoms with Crippen molar-refractivity contribution in [3.63, 3.8) is 0 Å². The Hall–Kier alpha value is -2.64. The lowest BCUT2D eigenvalue weighted by atomic mass is 10.2. The Balaban J connectivity index is 1.51. The maximum absolute atomic E-state index is 12.4. The zero-order valence-corrected chi connectivity index (χ0v) is 14.8. The number of halogens is 1. The summed E-state index contributed by atoms with van der Waals surface area (Å²) in [6.07, 6.45) is 1.77. The number of thiazole rings is 1. The number of H-pyrrole nitrogens is 1. The third-order valence-electron chi connectivity index (χ3n) is 3.83. The van der Waals surface area contributed by atoms with Gasteiger partial charge in [-0.3, -0.25) is 9.89 Å². The molecule has 0 bridgehead atoms. The van der Waals surface area contributed by atoms with Gasteiger partial charge in [0.15, 0.2) is 5.13 Å². The van der Waals surface area contributed by atoms with E-state index in [2.05, 4.69) is 25.8 Å². The summed E-state index contributed by atoms with van der Waals surface area (Å²) in [4.78, 5) is 16.9. The number of nitrogens with zero attached hydrogens (tertiary/aromatic N) is 2. The van der Waals surface area contributed by atoms with E-state index in [4.69, 9.17) is 11.6 Å². The lowest BCUT2D eigenvalue weighted by molar-refractivity contribution is -0.116. The van der Waals surface area contributed by atoms with Crippen molar-refractivity contribution < 1.29 is 4.79 Å². The molecule has 0 saturated heterocycles. The first kappa shape index (κ1) is 15.9. The maximum Gasteiger partial charge on any atom is 0.248 e. The predicted octanol–water partition coefficient (Wildman–Crippen LogP) is 4.27. The van der Waals surface area contributed by atoms with Gasteiger partial charge in [-0.2, -0.15) is 5.10 Å². The molecule has 4 aromatic rings. The molecule has 0 aliphatic carbocycles. The van der Waals surface area contributed by atoms with Crippen LogP contribution in [0.15, 0.2) is 42.6 Å². The lowest BCUT2D eigenvalue weighted by Gasteiger charge is -2.14. The standard InChI is InChI=1S/C17H14ClN5OS/c1-9(20-11-4-2-10(18)3-5-11)16(24)22-17-21-14-7-6-13-12(8-19-23-13)15(14)25-17/h2-9,20H,1H3,(H,19,23)(H,21,22,24). The molecule has 126 valence electrons. The van der Waals surface area contributed by atoms with Crippen molar-refractivity contribution in [1.29, 1.82) is 0 Å². The fraction of sp³-hybridized carbons (Fsp3) is 0.118. The number of fused-ring (bicyclic) bond motifs is 3. The van der Waals surface area contributed by atoms with Crippen LogP contribution in [0.25, 0.3) is 21.1 Å². The van der Waals surface area contributed by atoms with Crippen LogP contribution in [0.4, 0.5) is 10.8 Å². The van der Waals surface area contributed by atoms with Crippen LogP contribution in [-0.4, -0.2) is 27.1 Å². The van der Waals surface area contributed by atoms with Gasteiger partial charge >= 0.3 is 0 Å². The number of hydrogen-bond acceptors (Lipinski definition) is 5. The van der Waals surface area contributed by atoms with Crippen molar-refractivity contribution in [2.24, 2.45) is 0 Å². The number of aromatic amines is 1. The highest BCUT2D eigenvalue weighted by Crippen LogP contribution is 2.31. The molecule has 0 saturated carbocycles. The van der Waals surface area contributed by atoms with Crippen molar-refractivity contribution >= 4 is 60.8 Å². The summed E-state index contributed by atoms with van der Waals surface area (Å²) in [6.45, 7) is 1.80. The van der Waals surface area contributed by atoms with Crippen LogP contribution in [0.2, 0.25) is 5.02 Å². The van der Waals surface area contributed by atoms with E-state index >= 15 is 0 Å². The van der Waals surface area contributed by atoms with E-state index in [1.54, 1.807) is 25.3 Å². The molecular formula is C17H14ClN5OS. The summed E-state index contributed by atoms with van der Waals surface area (Å²) in [6, 6.07) is 10.6. The number of amides is 1. The van der Waals surface area contributed by atoms with Crippen molar-refractivity contribution in [3.05, 3.63) is 47.6 Å². The third-order valence-corrected chi connectivity index (χ3v) is 5.10. The van der Waals surface area contributed by atoms with Crippen molar-refractivity contribution in [3.8, 4) is 0 Å². The van der Waals surface area contributed by atoms with Gasteiger partial charge in [0.05, 0.1) is 21.9 Å². The van der Waals surface area contributed by atoms with Crippen LogP contribution >= 0.6 is 22.9 Å². The quantitative estimate of drug-likeness (QED) is 0.500. The van der Waals surface area contributed by atoms with Crippen molar-refractivity contribution in [2.75, 3.05) is 10.6 Å². The van der Waals surface area contributed by atoms with Gasteiger partial charge in [-0.15, -0.1) is 0 Å². The summed E-state index contributed by atoms with van der Waals surface area (Å²) in [5.74, 6) is -0.155. The van der Waals surface area contributed by atoms with Crippen LogP contribution in [0.5, 0.6) is 0 Å². The van der Waals surface area contributed by atoms with Gasteiger partial charge in [-0.25, -0.2) is 4.98 Å². The van der Waals surface area contributed by atoms with E-state index in [1.165, 1.54) is 11.3 Å². The summed E-state index contributed by atoms with van der Waals surface area (Å²) in [7, 11) is 0. The predicted molar refractivity (Wildman–Crippen MR) is 102 cm³/mol. The maximum atomic E-state index is 12.4. The molecule has 2 heterocycles. The summed E-state index contributed by atoms with van der Waals surface area (Å²) >= 11 is 7.31. The minimum atomic E-state index is -0.415. The molecule has 0 aliphatic rings. The van der Waals surface area contributed by atoms with Gasteiger partial charge < -0.3 is 10.6 Å². The van der Waals surface area contributed by atoms with Crippen LogP contribution in [0.1, 0.15) is 6.92 Å². The van der Waals surface area contributed by atoms with E-state index in [0.29, 0.717) is 10.2 Å². The molecule has 1 unspecified atom stereocenters. The average molecular weight is 372 g/mol. The first-order valence-corrected chi connectivity index (χ1v) is 8.85. The van der Waals surface area contributed by atoms with Gasteiger partial charge in [0, 0.05) is 16.1 Å². The summed E-state index contributed by atoms with van der Waals surface area (Å²) in [5.41, 5.74) is 2.62. The van der Waals surface area contributed by atoms with Gasteiger partial charge in [0.2, 0.25) is 5.91 Å². The molecule has 8 heteroatoms. The van der Waals surface area contributed by atoms with Crippen molar-refractivity contribution in [1.82, 2.24) is 15.2 Å². The zero-order chi connectivity index (χ0) is 17.4. The number of benzene rings is 2. The van der Waals surface area contributed by atoms with Crippen LogP contribution in [0, 0.1) is 0 Å². The Labute approximate surface area is 152 Å². The third kappa shape index (κ3) is 3.16. The van der Waals surface area contributed by atoms with E-state index in [0.717, 1.165) is 26.8 Å². The molecule has 0 fully saturated rings. The smallest absolute Gasteiger partial charge is 0.248 e. The SMILES string of the molecule is CC(Nc1ccc(Cl)cc1)C(=O)Nc1nc2ccc3[nH]ncc3c2s1. The minimum Gasteiger partial charge on any atom is -0.374 e. The fourth-order valence-electron chi connectivity index (χ4n) is 2.53. The normalized spacial score (nSPS) is 12.4. The Morgan fingerprint density at radius 3 is 2.84 bits per heavy atom. The minimum absolute atomic E-state index is 0.155. The molecule has 3 N–H and O–H groups in total. The van der Waals surface area contributed by atoms with E-state index in [9.17, 15) is 4.79 Å². The Bertz CT molecular complexity index is 1060. The van der Waals surface area contributed by atoms with Crippen molar-refractivity contribution in [2.45, 2.75) is 13.0 Å². The second-order valence-corrected chi connectivity index (χ2v) is 7.06. The lowest BCUT2D eigenvalue weighted by Crippen LogP contribution is -2.31. The number of rotatable bonds is 4. The highest BCUT2D eigenvalue weighted by Gasteiger charge is 2.16. The fourth-order valence-corrected chi connectivity index (χ4v) is 3.64. The number of carbonyl (C=O) groups is 1. The highest BCUT2D eigenvalue weighted by atomic mass is 35.5. The number of carbonyl (C=O) groups excluding carboxylic acids is 1. The molecule has 2 aromatic carbocycles. The number of anilines is 2. The van der Waals surface area contributed by atoms with Gasteiger partial charge in [-0.1, -0.05) is 22.9 Å². The topological polar surface area (TPSA) is 82.7 Å². The second kappa shape index (κ2) is 6.34. The van der Waals surface area contributed by atoms with Crippen LogP contribution in [0.3, 0.4) is 0 Å². The highest BCUT2D eigenvalue weighted by molar-refractivity contribution is 7.23. The molecular weight excluding hydrogens is 358 g/mol. The molecule has 0 spiro atoms. The van der Waals surface area contributed by atoms with E-state index < -0.39 is 6.04 Å².